The third-order valence-electron chi connectivity index (χ3n) is 5.50. The average Bonchev–Trinajstić information content (AvgIpc) is 3.43. The maximum atomic E-state index is 13.2. The van der Waals surface area contributed by atoms with Crippen molar-refractivity contribution in [1.29, 1.82) is 0 Å². The SMILES string of the molecule is CC(=O)N1CCc2ccc(NC(=O)C3(c4ccc(F)cc4)CC3)cc2C1. The van der Waals surface area contributed by atoms with E-state index < -0.39 is 5.41 Å². The first-order chi connectivity index (χ1) is 12.5. The van der Waals surface area contributed by atoms with Gasteiger partial charge in [-0.2, -0.15) is 0 Å². The van der Waals surface area contributed by atoms with Crippen molar-refractivity contribution in [3.63, 3.8) is 0 Å². The predicted molar refractivity (Wildman–Crippen MR) is 97.2 cm³/mol. The Bertz CT molecular complexity index is 872. The Hall–Kier alpha value is -2.69. The number of fused-ring (bicyclic) bond motifs is 1. The number of benzene rings is 2. The molecule has 2 aromatic carbocycles. The molecule has 26 heavy (non-hydrogen) atoms. The van der Waals surface area contributed by atoms with Gasteiger partial charge in [-0.05, 0) is 60.2 Å². The Balaban J connectivity index is 1.53. The van der Waals surface area contributed by atoms with Gasteiger partial charge in [-0.15, -0.1) is 0 Å². The molecule has 4 nitrogen and oxygen atoms in total. The zero-order valence-electron chi connectivity index (χ0n) is 14.7. The third-order valence-corrected chi connectivity index (χ3v) is 5.50. The second kappa shape index (κ2) is 6.24. The molecule has 1 N–H and O–H groups in total. The topological polar surface area (TPSA) is 49.4 Å². The van der Waals surface area contributed by atoms with Crippen LogP contribution in [0.15, 0.2) is 42.5 Å². The molecular weight excluding hydrogens is 331 g/mol. The van der Waals surface area contributed by atoms with E-state index in [0.29, 0.717) is 6.54 Å². The zero-order valence-corrected chi connectivity index (χ0v) is 14.7. The highest BCUT2D eigenvalue weighted by Gasteiger charge is 2.51. The fourth-order valence-corrected chi connectivity index (χ4v) is 3.70. The van der Waals surface area contributed by atoms with Crippen LogP contribution in [0.5, 0.6) is 0 Å². The number of carbonyl (C=O) groups is 2. The Morgan fingerprint density at radius 2 is 1.81 bits per heavy atom. The summed E-state index contributed by atoms with van der Waals surface area (Å²) in [5, 5.41) is 3.02. The summed E-state index contributed by atoms with van der Waals surface area (Å²) in [6, 6.07) is 12.1. The van der Waals surface area contributed by atoms with E-state index in [2.05, 4.69) is 5.32 Å². The van der Waals surface area contributed by atoms with Crippen LogP contribution in [-0.4, -0.2) is 23.3 Å². The molecule has 0 aromatic heterocycles. The Kier molecular flexibility index (Phi) is 4.02. The molecule has 0 bridgehead atoms. The maximum Gasteiger partial charge on any atom is 0.235 e. The van der Waals surface area contributed by atoms with E-state index in [9.17, 15) is 14.0 Å². The van der Waals surface area contributed by atoms with Crippen LogP contribution in [0.2, 0.25) is 0 Å². The lowest BCUT2D eigenvalue weighted by Gasteiger charge is -2.28. The predicted octanol–water partition coefficient (Wildman–Crippen LogP) is 3.40. The first-order valence-electron chi connectivity index (χ1n) is 8.93. The van der Waals surface area contributed by atoms with Gasteiger partial charge in [-0.1, -0.05) is 18.2 Å². The Morgan fingerprint density at radius 1 is 1.08 bits per heavy atom. The van der Waals surface area contributed by atoms with Crippen molar-refractivity contribution in [2.24, 2.45) is 0 Å². The van der Waals surface area contributed by atoms with Crippen LogP contribution < -0.4 is 5.32 Å². The highest BCUT2D eigenvalue weighted by atomic mass is 19.1. The summed E-state index contributed by atoms with van der Waals surface area (Å²) in [5.74, 6) is -0.281. The van der Waals surface area contributed by atoms with Crippen molar-refractivity contribution in [1.82, 2.24) is 4.90 Å². The van der Waals surface area contributed by atoms with Crippen molar-refractivity contribution < 1.29 is 14.0 Å². The fraction of sp³-hybridized carbons (Fsp3) is 0.333. The molecule has 0 atom stereocenters. The van der Waals surface area contributed by atoms with Crippen LogP contribution in [0, 0.1) is 5.82 Å². The van der Waals surface area contributed by atoms with E-state index in [1.54, 1.807) is 19.1 Å². The number of nitrogens with one attached hydrogen (secondary N) is 1. The quantitative estimate of drug-likeness (QED) is 0.920. The molecule has 1 aliphatic carbocycles. The van der Waals surface area contributed by atoms with Crippen LogP contribution in [0.3, 0.4) is 0 Å². The monoisotopic (exact) mass is 352 g/mol. The summed E-state index contributed by atoms with van der Waals surface area (Å²) >= 11 is 0. The highest BCUT2D eigenvalue weighted by Crippen LogP contribution is 2.49. The van der Waals surface area contributed by atoms with Gasteiger partial charge in [0, 0.05) is 25.7 Å². The largest absolute Gasteiger partial charge is 0.338 e. The van der Waals surface area contributed by atoms with E-state index in [1.807, 2.05) is 23.1 Å². The first kappa shape index (κ1) is 16.8. The van der Waals surface area contributed by atoms with Crippen LogP contribution in [0.1, 0.15) is 36.5 Å². The van der Waals surface area contributed by atoms with Crippen molar-refractivity contribution >= 4 is 17.5 Å². The fourth-order valence-electron chi connectivity index (χ4n) is 3.70. The number of halogens is 1. The number of anilines is 1. The molecule has 0 saturated heterocycles. The van der Waals surface area contributed by atoms with Gasteiger partial charge in [0.15, 0.2) is 0 Å². The van der Waals surface area contributed by atoms with Gasteiger partial charge in [-0.3, -0.25) is 9.59 Å². The van der Waals surface area contributed by atoms with Crippen LogP contribution in [0.4, 0.5) is 10.1 Å². The zero-order chi connectivity index (χ0) is 18.3. The summed E-state index contributed by atoms with van der Waals surface area (Å²) in [7, 11) is 0. The third kappa shape index (κ3) is 2.98. The lowest BCUT2D eigenvalue weighted by atomic mass is 9.94. The number of nitrogens with zero attached hydrogens (tertiary/aromatic N) is 1. The lowest BCUT2D eigenvalue weighted by Crippen LogP contribution is -2.34. The first-order valence-corrected chi connectivity index (χ1v) is 8.93. The molecule has 2 amide bonds. The summed E-state index contributed by atoms with van der Waals surface area (Å²) in [4.78, 5) is 26.3. The lowest BCUT2D eigenvalue weighted by molar-refractivity contribution is -0.129. The van der Waals surface area contributed by atoms with Gasteiger partial charge in [0.2, 0.25) is 11.8 Å². The maximum absolute atomic E-state index is 13.2. The van der Waals surface area contributed by atoms with Crippen LogP contribution in [0.25, 0.3) is 0 Å². The van der Waals surface area contributed by atoms with E-state index in [0.717, 1.165) is 42.6 Å². The molecule has 1 aliphatic heterocycles. The average molecular weight is 352 g/mol. The normalized spacial score (nSPS) is 17.4. The minimum Gasteiger partial charge on any atom is -0.338 e. The molecule has 2 aromatic rings. The molecule has 5 heteroatoms. The van der Waals surface area contributed by atoms with E-state index in [-0.39, 0.29) is 17.6 Å². The van der Waals surface area contributed by atoms with Crippen molar-refractivity contribution in [2.75, 3.05) is 11.9 Å². The van der Waals surface area contributed by atoms with Gasteiger partial charge in [0.1, 0.15) is 5.82 Å². The summed E-state index contributed by atoms with van der Waals surface area (Å²) < 4.78 is 13.2. The van der Waals surface area contributed by atoms with Gasteiger partial charge in [0.05, 0.1) is 5.41 Å². The second-order valence-electron chi connectivity index (χ2n) is 7.22. The van der Waals surface area contributed by atoms with Crippen LogP contribution >= 0.6 is 0 Å². The van der Waals surface area contributed by atoms with E-state index in [4.69, 9.17) is 0 Å². The smallest absolute Gasteiger partial charge is 0.235 e. The molecule has 0 spiro atoms. The highest BCUT2D eigenvalue weighted by molar-refractivity contribution is 6.01. The molecule has 4 rings (SSSR count). The number of rotatable bonds is 3. The Labute approximate surface area is 152 Å². The van der Waals surface area contributed by atoms with Crippen molar-refractivity contribution in [3.05, 3.63) is 65.0 Å². The number of carbonyl (C=O) groups excluding carboxylic acids is 2. The summed E-state index contributed by atoms with van der Waals surface area (Å²) in [6.07, 6.45) is 2.38. The number of amides is 2. The standard InChI is InChI=1S/C21H21FN2O2/c1-14(25)24-11-8-15-2-7-19(12-16(15)13-24)23-20(26)21(9-10-21)17-3-5-18(22)6-4-17/h2-7,12H,8-11,13H2,1H3,(H,23,26). The van der Waals surface area contributed by atoms with Crippen molar-refractivity contribution in [2.45, 2.75) is 38.1 Å². The molecular formula is C21H21FN2O2. The van der Waals surface area contributed by atoms with Gasteiger partial charge >= 0.3 is 0 Å². The molecule has 2 aliphatic rings. The minimum absolute atomic E-state index is 0.0525. The number of hydrogen-bond acceptors (Lipinski definition) is 2. The molecule has 134 valence electrons. The van der Waals surface area contributed by atoms with Gasteiger partial charge in [0.25, 0.3) is 0 Å². The van der Waals surface area contributed by atoms with E-state index >= 15 is 0 Å². The van der Waals surface area contributed by atoms with Crippen molar-refractivity contribution in [3.8, 4) is 0 Å². The second-order valence-corrected chi connectivity index (χ2v) is 7.22. The minimum atomic E-state index is -0.547. The molecule has 1 saturated carbocycles. The molecule has 1 heterocycles. The molecule has 0 unspecified atom stereocenters. The molecule has 0 radical (unpaired) electrons. The molecule has 1 fully saturated rings. The summed E-state index contributed by atoms with van der Waals surface area (Å²) in [5.41, 5.74) is 3.36. The van der Waals surface area contributed by atoms with E-state index in [1.165, 1.54) is 17.7 Å². The number of hydrogen-bond donors (Lipinski definition) is 1. The Morgan fingerprint density at radius 3 is 2.46 bits per heavy atom. The van der Waals surface area contributed by atoms with Gasteiger partial charge in [-0.25, -0.2) is 4.39 Å². The summed E-state index contributed by atoms with van der Waals surface area (Å²) in [6.45, 7) is 2.90. The van der Waals surface area contributed by atoms with Crippen LogP contribution in [-0.2, 0) is 28.0 Å². The van der Waals surface area contributed by atoms with Gasteiger partial charge < -0.3 is 10.2 Å².